The standard InChI is InChI=1S/C25H19ClF2N4.C24H19BrClF2N3/c26-21-5-3-19(4-6-21)25-16-31(15-18-1-7-22(27)23(28)12-18)9-10-32(25)24-8-2-17(13-29)11-20(24)14-30;25-19-4-8-23(18(12-19)13-29)31-10-9-30(14-16-1-7-21(27)22(28)11-16)15-24(31)17-2-5-20(26)6-3-17/h1-8,11-12,25H,9-10,15-16H2;1-8,11-12,24H,9-10,14-15H2. The molecule has 14 heteroatoms. The summed E-state index contributed by atoms with van der Waals surface area (Å²) < 4.78 is 54.8. The van der Waals surface area contributed by atoms with Crippen molar-refractivity contribution in [3.63, 3.8) is 0 Å². The monoisotopic (exact) mass is 949 g/mol. The highest BCUT2D eigenvalue weighted by atomic mass is 79.9. The molecule has 0 spiro atoms. The largest absolute Gasteiger partial charge is 0.361 e. The van der Waals surface area contributed by atoms with E-state index in [9.17, 15) is 33.3 Å². The van der Waals surface area contributed by atoms with Gasteiger partial charge >= 0.3 is 0 Å². The molecule has 2 saturated heterocycles. The second-order valence-electron chi connectivity index (χ2n) is 15.2. The summed E-state index contributed by atoms with van der Waals surface area (Å²) in [6.07, 6.45) is 0. The van der Waals surface area contributed by atoms with E-state index < -0.39 is 23.3 Å². The second-order valence-corrected chi connectivity index (χ2v) is 17.0. The fraction of sp³-hybridized carbons (Fsp3) is 0.204. The van der Waals surface area contributed by atoms with Crippen molar-refractivity contribution in [1.29, 1.82) is 15.8 Å². The maximum absolute atomic E-state index is 13.7. The van der Waals surface area contributed by atoms with E-state index in [0.29, 0.717) is 78.1 Å². The Labute approximate surface area is 382 Å². The van der Waals surface area contributed by atoms with Crippen molar-refractivity contribution in [2.24, 2.45) is 0 Å². The van der Waals surface area contributed by atoms with Crippen LogP contribution >= 0.6 is 39.1 Å². The van der Waals surface area contributed by atoms with Crippen molar-refractivity contribution in [3.8, 4) is 18.2 Å². The minimum absolute atomic E-state index is 0.0235. The Bertz CT molecular complexity index is 2720. The first-order chi connectivity index (χ1) is 30.4. The van der Waals surface area contributed by atoms with E-state index in [2.05, 4.69) is 53.7 Å². The Morgan fingerprint density at radius 2 is 0.952 bits per heavy atom. The molecule has 6 aromatic rings. The summed E-state index contributed by atoms with van der Waals surface area (Å²) in [4.78, 5) is 8.78. The molecule has 2 aliphatic heterocycles. The number of nitriles is 3. The molecule has 318 valence electrons. The van der Waals surface area contributed by atoms with Gasteiger partial charge in [-0.25, -0.2) is 17.6 Å². The molecule has 0 N–H and O–H groups in total. The summed E-state index contributed by atoms with van der Waals surface area (Å²) in [7, 11) is 0. The highest BCUT2D eigenvalue weighted by Crippen LogP contribution is 2.36. The molecule has 6 aromatic carbocycles. The van der Waals surface area contributed by atoms with Gasteiger partial charge in [0.25, 0.3) is 0 Å². The minimum atomic E-state index is -0.859. The Hall–Kier alpha value is -5.91. The Morgan fingerprint density at radius 1 is 0.508 bits per heavy atom. The Morgan fingerprint density at radius 3 is 1.38 bits per heavy atom. The van der Waals surface area contributed by atoms with Crippen molar-refractivity contribution in [2.75, 3.05) is 49.1 Å². The first-order valence-corrected chi connectivity index (χ1v) is 21.5. The number of piperazine rings is 2. The summed E-state index contributed by atoms with van der Waals surface area (Å²) in [5, 5.41) is 29.8. The van der Waals surface area contributed by atoms with Gasteiger partial charge in [-0.1, -0.05) is 75.5 Å². The van der Waals surface area contributed by atoms with Crippen LogP contribution in [0.4, 0.5) is 28.9 Å². The van der Waals surface area contributed by atoms with Crippen LogP contribution in [0, 0.1) is 57.3 Å². The summed E-state index contributed by atoms with van der Waals surface area (Å²) in [5.74, 6) is -3.39. The van der Waals surface area contributed by atoms with Crippen molar-refractivity contribution in [1.82, 2.24) is 9.80 Å². The Balaban J connectivity index is 0.000000189. The topological polar surface area (TPSA) is 84.3 Å². The van der Waals surface area contributed by atoms with Gasteiger partial charge in [0, 0.05) is 66.9 Å². The summed E-state index contributed by atoms with van der Waals surface area (Å²) in [6, 6.07) is 40.6. The molecular weight excluding hydrogens is 913 g/mol. The molecule has 63 heavy (non-hydrogen) atoms. The van der Waals surface area contributed by atoms with E-state index >= 15 is 0 Å². The molecule has 0 aliphatic carbocycles. The number of benzene rings is 6. The van der Waals surface area contributed by atoms with Crippen LogP contribution in [0.1, 0.15) is 51.0 Å². The zero-order chi connectivity index (χ0) is 44.6. The van der Waals surface area contributed by atoms with Crippen molar-refractivity contribution in [3.05, 3.63) is 198 Å². The molecule has 2 unspecified atom stereocenters. The molecule has 2 atom stereocenters. The van der Waals surface area contributed by atoms with Gasteiger partial charge in [-0.2, -0.15) is 15.8 Å². The Kier molecular flexibility index (Phi) is 14.7. The highest BCUT2D eigenvalue weighted by Gasteiger charge is 2.32. The van der Waals surface area contributed by atoms with E-state index in [-0.39, 0.29) is 12.1 Å². The number of hydrogen-bond acceptors (Lipinski definition) is 7. The normalized spacial score (nSPS) is 16.6. The highest BCUT2D eigenvalue weighted by molar-refractivity contribution is 9.10. The van der Waals surface area contributed by atoms with Crippen LogP contribution in [0.3, 0.4) is 0 Å². The molecule has 2 fully saturated rings. The van der Waals surface area contributed by atoms with E-state index in [0.717, 1.165) is 45.1 Å². The minimum Gasteiger partial charge on any atom is -0.361 e. The van der Waals surface area contributed by atoms with Gasteiger partial charge in [-0.3, -0.25) is 9.80 Å². The van der Waals surface area contributed by atoms with E-state index in [4.69, 9.17) is 23.2 Å². The predicted octanol–water partition coefficient (Wildman–Crippen LogP) is 11.7. The van der Waals surface area contributed by atoms with Gasteiger partial charge in [-0.05, 0) is 107 Å². The molecule has 0 bridgehead atoms. The molecule has 0 amide bonds. The van der Waals surface area contributed by atoms with Crippen LogP contribution in [0.5, 0.6) is 0 Å². The van der Waals surface area contributed by atoms with Gasteiger partial charge in [0.2, 0.25) is 0 Å². The van der Waals surface area contributed by atoms with Gasteiger partial charge in [0.15, 0.2) is 23.3 Å². The van der Waals surface area contributed by atoms with Crippen molar-refractivity contribution in [2.45, 2.75) is 25.2 Å². The summed E-state index contributed by atoms with van der Waals surface area (Å²) in [5.41, 5.74) is 6.64. The zero-order valence-corrected chi connectivity index (χ0v) is 36.7. The van der Waals surface area contributed by atoms with Crippen LogP contribution < -0.4 is 9.80 Å². The van der Waals surface area contributed by atoms with Crippen LogP contribution in [-0.2, 0) is 13.1 Å². The molecule has 0 radical (unpaired) electrons. The quantitative estimate of drug-likeness (QED) is 0.141. The lowest BCUT2D eigenvalue weighted by molar-refractivity contribution is 0.215. The van der Waals surface area contributed by atoms with Crippen LogP contribution in [0.15, 0.2) is 126 Å². The third-order valence-corrected chi connectivity index (χ3v) is 12.2. The first kappa shape index (κ1) is 45.1. The molecular formula is C49H38BrCl2F4N7. The molecule has 0 aromatic heterocycles. The lowest BCUT2D eigenvalue weighted by Crippen LogP contribution is -2.48. The van der Waals surface area contributed by atoms with Gasteiger partial charge < -0.3 is 9.80 Å². The van der Waals surface area contributed by atoms with Gasteiger partial charge in [-0.15, -0.1) is 0 Å². The van der Waals surface area contributed by atoms with Crippen LogP contribution in [0.25, 0.3) is 0 Å². The van der Waals surface area contributed by atoms with Crippen LogP contribution in [0.2, 0.25) is 10.0 Å². The third kappa shape index (κ3) is 11.0. The maximum Gasteiger partial charge on any atom is 0.159 e. The van der Waals surface area contributed by atoms with Gasteiger partial charge in [0.1, 0.15) is 12.1 Å². The molecule has 7 nitrogen and oxygen atoms in total. The third-order valence-electron chi connectivity index (χ3n) is 11.2. The fourth-order valence-electron chi connectivity index (χ4n) is 8.07. The average molecular weight is 952 g/mol. The number of rotatable bonds is 8. The fourth-order valence-corrected chi connectivity index (χ4v) is 8.68. The zero-order valence-electron chi connectivity index (χ0n) is 33.6. The average Bonchev–Trinajstić information content (AvgIpc) is 3.29. The SMILES string of the molecule is N#Cc1cc(Br)ccc1N1CCN(Cc2ccc(F)c(F)c2)CC1c1ccc(Cl)cc1.N#Cc1ccc(N2CCN(Cc3ccc(F)c(F)c3)CC2c2ccc(Cl)cc2)c(C#N)c1. The molecule has 0 saturated carbocycles. The van der Waals surface area contributed by atoms with Crippen LogP contribution in [-0.4, -0.2) is 49.1 Å². The predicted molar refractivity (Wildman–Crippen MR) is 241 cm³/mol. The molecule has 2 aliphatic rings. The lowest BCUT2D eigenvalue weighted by atomic mass is 9.99. The van der Waals surface area contributed by atoms with Gasteiger partial charge in [0.05, 0.1) is 46.2 Å². The molecule has 8 rings (SSSR count). The maximum atomic E-state index is 13.7. The van der Waals surface area contributed by atoms with E-state index in [1.165, 1.54) is 18.2 Å². The number of anilines is 2. The van der Waals surface area contributed by atoms with E-state index in [1.54, 1.807) is 24.3 Å². The summed E-state index contributed by atoms with van der Waals surface area (Å²) in [6.45, 7) is 4.99. The number of halogens is 7. The second kappa shape index (κ2) is 20.5. The smallest absolute Gasteiger partial charge is 0.159 e. The summed E-state index contributed by atoms with van der Waals surface area (Å²) >= 11 is 15.6. The number of nitrogens with zero attached hydrogens (tertiary/aromatic N) is 7. The van der Waals surface area contributed by atoms with E-state index in [1.807, 2.05) is 72.8 Å². The first-order valence-electron chi connectivity index (χ1n) is 19.9. The van der Waals surface area contributed by atoms with Crippen molar-refractivity contribution < 1.29 is 17.6 Å². The van der Waals surface area contributed by atoms with Crippen molar-refractivity contribution >= 4 is 50.5 Å². The number of hydrogen-bond donors (Lipinski definition) is 0. The molecule has 2 heterocycles. The lowest BCUT2D eigenvalue weighted by Gasteiger charge is -2.43.